The second kappa shape index (κ2) is 11.3. The molecule has 7 heteroatoms. The maximum atomic E-state index is 11.2. The number of hydrogen-bond donors (Lipinski definition) is 2. The lowest BCUT2D eigenvalue weighted by molar-refractivity contribution is 0.397. The van der Waals surface area contributed by atoms with Crippen molar-refractivity contribution in [3.8, 4) is 11.5 Å². The maximum Gasteiger partial charge on any atom is 0.123 e. The van der Waals surface area contributed by atoms with Crippen LogP contribution in [0.3, 0.4) is 0 Å². The van der Waals surface area contributed by atoms with E-state index in [1.165, 1.54) is 24.1 Å². The maximum absolute atomic E-state index is 11.2. The highest BCUT2D eigenvalue weighted by Crippen LogP contribution is 2.51. The van der Waals surface area contributed by atoms with Crippen LogP contribution in [0.15, 0.2) is 24.3 Å². The number of epoxide rings is 2. The number of benzene rings is 2. The molecule has 0 aromatic heterocycles. The van der Waals surface area contributed by atoms with Crippen molar-refractivity contribution in [1.82, 2.24) is 0 Å². The molecule has 2 aromatic rings. The van der Waals surface area contributed by atoms with Crippen molar-refractivity contribution < 1.29 is 23.3 Å². The Bertz CT molecular complexity index is 1080. The summed E-state index contributed by atoms with van der Waals surface area (Å²) >= 11 is 2.86. The summed E-state index contributed by atoms with van der Waals surface area (Å²) in [4.78, 5) is 0. The van der Waals surface area contributed by atoms with Crippen LogP contribution in [0.2, 0.25) is 0 Å². The van der Waals surface area contributed by atoms with Gasteiger partial charge in [0.15, 0.2) is 0 Å². The van der Waals surface area contributed by atoms with Gasteiger partial charge < -0.3 is 19.7 Å². The molecule has 228 valence electrons. The minimum absolute atomic E-state index is 0.0267. The second-order valence-electron chi connectivity index (χ2n) is 15.8. The highest BCUT2D eigenvalue weighted by Gasteiger charge is 2.40. The largest absolute Gasteiger partial charge is 0.507 e. The normalized spacial score (nSPS) is 21.1. The Morgan fingerprint density at radius 2 is 0.829 bits per heavy atom. The fourth-order valence-electron chi connectivity index (χ4n) is 5.16. The van der Waals surface area contributed by atoms with Gasteiger partial charge in [0.2, 0.25) is 0 Å². The molecule has 4 rings (SSSR count). The number of phenolic OH excluding ortho intramolecular Hbond substituents is 2. The molecule has 2 aromatic carbocycles. The van der Waals surface area contributed by atoms with E-state index in [-0.39, 0.29) is 44.4 Å². The van der Waals surface area contributed by atoms with Crippen LogP contribution in [0.5, 0.6) is 11.5 Å². The van der Waals surface area contributed by atoms with Gasteiger partial charge in [-0.1, -0.05) is 107 Å². The SMILES string of the molecule is CC(C)(C)c1cc(C(SOSC(c2cc(C(C)(C)C)c(O)c(C(C)(C)C)c2)C2CO2)C2CO2)cc(C(C)(C)C)c1O. The molecule has 0 amide bonds. The van der Waals surface area contributed by atoms with Gasteiger partial charge in [0.25, 0.3) is 0 Å². The van der Waals surface area contributed by atoms with Crippen LogP contribution in [0, 0.1) is 0 Å². The summed E-state index contributed by atoms with van der Waals surface area (Å²) in [6.45, 7) is 27.0. The van der Waals surface area contributed by atoms with E-state index < -0.39 is 0 Å². The Morgan fingerprint density at radius 1 is 0.585 bits per heavy atom. The second-order valence-corrected chi connectivity index (χ2v) is 17.7. The first-order chi connectivity index (χ1) is 18.7. The lowest BCUT2D eigenvalue weighted by Crippen LogP contribution is -2.19. The van der Waals surface area contributed by atoms with Crippen molar-refractivity contribution in [3.05, 3.63) is 57.6 Å². The number of phenols is 2. The molecule has 2 fully saturated rings. The van der Waals surface area contributed by atoms with Crippen LogP contribution in [-0.2, 0) is 34.8 Å². The van der Waals surface area contributed by atoms with Crippen molar-refractivity contribution in [2.75, 3.05) is 13.2 Å². The molecule has 2 aliphatic heterocycles. The number of rotatable bonds is 8. The number of hydrogen-bond acceptors (Lipinski definition) is 7. The summed E-state index contributed by atoms with van der Waals surface area (Å²) in [5.74, 6) is 0.763. The van der Waals surface area contributed by atoms with Crippen LogP contribution in [-0.4, -0.2) is 35.6 Å². The van der Waals surface area contributed by atoms with Crippen molar-refractivity contribution >= 4 is 24.1 Å². The summed E-state index contributed by atoms with van der Waals surface area (Å²) in [6.07, 6.45) is 0.130. The third-order valence-electron chi connectivity index (χ3n) is 7.83. The topological polar surface area (TPSA) is 74.8 Å². The van der Waals surface area contributed by atoms with E-state index in [9.17, 15) is 10.2 Å². The molecule has 0 bridgehead atoms. The van der Waals surface area contributed by atoms with Gasteiger partial charge in [-0.25, -0.2) is 3.63 Å². The molecule has 0 aliphatic carbocycles. The summed E-state index contributed by atoms with van der Waals surface area (Å²) in [5.41, 5.74) is 5.15. The molecule has 0 saturated carbocycles. The third kappa shape index (κ3) is 7.59. The van der Waals surface area contributed by atoms with Crippen LogP contribution in [0.25, 0.3) is 0 Å². The molecule has 2 saturated heterocycles. The Labute approximate surface area is 256 Å². The van der Waals surface area contributed by atoms with Crippen molar-refractivity contribution in [2.45, 2.75) is 127 Å². The molecule has 41 heavy (non-hydrogen) atoms. The Hall–Kier alpha value is -1.38. The van der Waals surface area contributed by atoms with Gasteiger partial charge in [0.05, 0.1) is 35.9 Å². The minimum Gasteiger partial charge on any atom is -0.507 e. The van der Waals surface area contributed by atoms with Crippen molar-refractivity contribution in [1.29, 1.82) is 0 Å². The Morgan fingerprint density at radius 3 is 1.02 bits per heavy atom. The summed E-state index contributed by atoms with van der Waals surface area (Å²) in [7, 11) is 0. The van der Waals surface area contributed by atoms with Gasteiger partial charge in [-0.3, -0.25) is 0 Å². The quantitative estimate of drug-likeness (QED) is 0.230. The first-order valence-electron chi connectivity index (χ1n) is 14.7. The first kappa shape index (κ1) is 32.5. The lowest BCUT2D eigenvalue weighted by Gasteiger charge is -2.30. The van der Waals surface area contributed by atoms with Crippen LogP contribution < -0.4 is 0 Å². The average molecular weight is 603 g/mol. The fraction of sp³-hybridized carbons (Fsp3) is 0.647. The Kier molecular flexibility index (Phi) is 8.95. The molecule has 5 nitrogen and oxygen atoms in total. The lowest BCUT2D eigenvalue weighted by atomic mass is 9.78. The highest BCUT2D eigenvalue weighted by atomic mass is 32.2. The molecular formula is C34H50O5S2. The average Bonchev–Trinajstić information content (AvgIpc) is 3.71. The predicted octanol–water partition coefficient (Wildman–Crippen LogP) is 9.18. The van der Waals surface area contributed by atoms with E-state index in [0.717, 1.165) is 33.4 Å². The van der Waals surface area contributed by atoms with E-state index in [4.69, 9.17) is 13.1 Å². The molecule has 0 radical (unpaired) electrons. The van der Waals surface area contributed by atoms with Crippen molar-refractivity contribution in [3.63, 3.8) is 0 Å². The smallest absolute Gasteiger partial charge is 0.123 e. The van der Waals surface area contributed by atoms with Gasteiger partial charge in [-0.2, -0.15) is 0 Å². The van der Waals surface area contributed by atoms with Gasteiger partial charge in [-0.05, 0) is 55.0 Å². The zero-order valence-electron chi connectivity index (χ0n) is 27.0. The van der Waals surface area contributed by atoms with Crippen LogP contribution in [0.4, 0.5) is 0 Å². The van der Waals surface area contributed by atoms with E-state index in [1.807, 2.05) is 0 Å². The first-order valence-corrected chi connectivity index (χ1v) is 16.3. The molecule has 0 spiro atoms. The fourth-order valence-corrected chi connectivity index (χ4v) is 7.08. The van der Waals surface area contributed by atoms with Gasteiger partial charge >= 0.3 is 0 Å². The van der Waals surface area contributed by atoms with Gasteiger partial charge in [0, 0.05) is 24.1 Å². The van der Waals surface area contributed by atoms with E-state index in [2.05, 4.69) is 107 Å². The summed E-state index contributed by atoms with van der Waals surface area (Å²) < 4.78 is 18.0. The van der Waals surface area contributed by atoms with Crippen molar-refractivity contribution in [2.24, 2.45) is 0 Å². The molecule has 2 aliphatic rings. The van der Waals surface area contributed by atoms with E-state index >= 15 is 0 Å². The highest BCUT2D eigenvalue weighted by molar-refractivity contribution is 8.08. The Balaban J connectivity index is 1.64. The zero-order valence-corrected chi connectivity index (χ0v) is 28.6. The van der Waals surface area contributed by atoms with E-state index in [1.54, 1.807) is 0 Å². The number of ether oxygens (including phenoxy) is 2. The minimum atomic E-state index is -0.210. The molecule has 4 unspecified atom stereocenters. The predicted molar refractivity (Wildman–Crippen MR) is 172 cm³/mol. The third-order valence-corrected chi connectivity index (χ3v) is 10.0. The van der Waals surface area contributed by atoms with Crippen LogP contribution in [0.1, 0.15) is 127 Å². The summed E-state index contributed by atoms with van der Waals surface area (Å²) in [6, 6.07) is 8.52. The molecule has 2 N–H and O–H groups in total. The number of aromatic hydroxyl groups is 2. The molecular weight excluding hydrogens is 553 g/mol. The molecule has 2 heterocycles. The van der Waals surface area contributed by atoms with E-state index in [0.29, 0.717) is 24.7 Å². The monoisotopic (exact) mass is 602 g/mol. The standard InChI is InChI=1S/C34H50O5S2/c1-31(2,3)21-13-19(14-22(27(21)35)32(4,5)6)29(25-17-37-25)40-39-41-30(26-18-38-26)20-15-23(33(7,8)9)28(36)24(16-20)34(10,11)12/h13-16,25-26,29-30,35-36H,17-18H2,1-12H3. The zero-order chi connectivity index (χ0) is 30.7. The van der Waals surface area contributed by atoms with Gasteiger partial charge in [0.1, 0.15) is 11.5 Å². The van der Waals surface area contributed by atoms with Gasteiger partial charge in [-0.15, -0.1) is 0 Å². The summed E-state index contributed by atoms with van der Waals surface area (Å²) in [5, 5.41) is 22.4. The van der Waals surface area contributed by atoms with Crippen LogP contribution >= 0.6 is 24.1 Å². The molecule has 4 atom stereocenters.